The number of ether oxygens (including phenoxy) is 3. The summed E-state index contributed by atoms with van der Waals surface area (Å²) in [5, 5.41) is 4.19. The van der Waals surface area contributed by atoms with Crippen molar-refractivity contribution in [3.05, 3.63) is 126 Å². The summed E-state index contributed by atoms with van der Waals surface area (Å²) in [6.45, 7) is 2.11. The van der Waals surface area contributed by atoms with Gasteiger partial charge in [-0.05, 0) is 116 Å². The van der Waals surface area contributed by atoms with Gasteiger partial charge in [0.15, 0.2) is 5.11 Å². The van der Waals surface area contributed by atoms with Gasteiger partial charge < -0.3 is 29.0 Å². The van der Waals surface area contributed by atoms with E-state index in [1.807, 2.05) is 85.1 Å². The van der Waals surface area contributed by atoms with Crippen molar-refractivity contribution in [2.45, 2.75) is 19.0 Å². The predicted octanol–water partition coefficient (Wildman–Crippen LogP) is 7.17. The fraction of sp³-hybridized carbons (Fsp3) is 0.152. The van der Waals surface area contributed by atoms with E-state index < -0.39 is 0 Å². The third kappa shape index (κ3) is 5.21. The molecule has 2 aromatic heterocycles. The first kappa shape index (κ1) is 26.4. The predicted molar refractivity (Wildman–Crippen MR) is 164 cm³/mol. The number of rotatable bonds is 8. The number of hydrogen-bond donors (Lipinski definition) is 1. The van der Waals surface area contributed by atoms with Crippen molar-refractivity contribution in [1.29, 1.82) is 0 Å². The first-order valence-electron chi connectivity index (χ1n) is 13.3. The zero-order valence-electron chi connectivity index (χ0n) is 23.0. The maximum atomic E-state index is 6.08. The number of hydrogen-bond acceptors (Lipinski definition) is 5. The molecular formula is C33H30N4O3S. The van der Waals surface area contributed by atoms with E-state index in [9.17, 15) is 0 Å². The molecule has 7 nitrogen and oxygen atoms in total. The molecule has 3 heterocycles. The van der Waals surface area contributed by atoms with E-state index in [2.05, 4.69) is 46.0 Å². The van der Waals surface area contributed by atoms with Gasteiger partial charge in [-0.1, -0.05) is 6.07 Å². The van der Waals surface area contributed by atoms with Gasteiger partial charge in [0.05, 0.1) is 26.0 Å². The topological polar surface area (TPSA) is 60.8 Å². The largest absolute Gasteiger partial charge is 0.497 e. The SMILES string of the molecule is COc1ccc(Oc2ccc(N3C(=S)NC(c4ccccn4)C3c3ccc(C)n3-c3ccc(OC)cc3)cc2)cc1. The summed E-state index contributed by atoms with van der Waals surface area (Å²) in [5.74, 6) is 3.06. The monoisotopic (exact) mass is 562 g/mol. The van der Waals surface area contributed by atoms with Crippen molar-refractivity contribution in [1.82, 2.24) is 14.9 Å². The molecule has 0 bridgehead atoms. The molecule has 6 rings (SSSR count). The lowest BCUT2D eigenvalue weighted by Gasteiger charge is -2.29. The molecule has 1 saturated heterocycles. The minimum Gasteiger partial charge on any atom is -0.497 e. The summed E-state index contributed by atoms with van der Waals surface area (Å²) < 4.78 is 19.0. The summed E-state index contributed by atoms with van der Waals surface area (Å²) in [4.78, 5) is 6.87. The van der Waals surface area contributed by atoms with Crippen LogP contribution in [0.1, 0.15) is 29.2 Å². The van der Waals surface area contributed by atoms with Crippen LogP contribution in [-0.2, 0) is 0 Å². The Hall–Kier alpha value is -4.82. The molecule has 206 valence electrons. The lowest BCUT2D eigenvalue weighted by molar-refractivity contribution is 0.413. The summed E-state index contributed by atoms with van der Waals surface area (Å²) in [6, 6.07) is 33.6. The molecule has 0 radical (unpaired) electrons. The first-order chi connectivity index (χ1) is 20.1. The molecule has 0 amide bonds. The fourth-order valence-electron chi connectivity index (χ4n) is 5.26. The fourth-order valence-corrected chi connectivity index (χ4v) is 5.61. The summed E-state index contributed by atoms with van der Waals surface area (Å²) in [5.41, 5.74) is 5.12. The molecule has 41 heavy (non-hydrogen) atoms. The molecule has 8 heteroatoms. The van der Waals surface area contributed by atoms with Gasteiger partial charge in [-0.2, -0.15) is 0 Å². The van der Waals surface area contributed by atoms with E-state index in [1.165, 1.54) is 0 Å². The van der Waals surface area contributed by atoms with Crippen LogP contribution in [0.4, 0.5) is 5.69 Å². The zero-order valence-corrected chi connectivity index (χ0v) is 23.8. The van der Waals surface area contributed by atoms with E-state index in [-0.39, 0.29) is 12.1 Å². The Kier molecular flexibility index (Phi) is 7.31. The molecule has 3 aromatic carbocycles. The van der Waals surface area contributed by atoms with Gasteiger partial charge in [0.1, 0.15) is 29.0 Å². The number of aromatic nitrogens is 2. The number of anilines is 1. The van der Waals surface area contributed by atoms with Crippen LogP contribution in [0.25, 0.3) is 5.69 Å². The number of nitrogens with zero attached hydrogens (tertiary/aromatic N) is 3. The number of thiocarbonyl (C=S) groups is 1. The number of pyridine rings is 1. The average molecular weight is 563 g/mol. The number of aryl methyl sites for hydroxylation is 1. The Morgan fingerprint density at radius 1 is 0.707 bits per heavy atom. The minimum absolute atomic E-state index is 0.162. The Labute approximate surface area is 244 Å². The van der Waals surface area contributed by atoms with Crippen LogP contribution in [0.5, 0.6) is 23.0 Å². The molecular weight excluding hydrogens is 532 g/mol. The highest BCUT2D eigenvalue weighted by Crippen LogP contribution is 2.43. The van der Waals surface area contributed by atoms with Crippen LogP contribution < -0.4 is 24.4 Å². The minimum atomic E-state index is -0.165. The molecule has 1 aliphatic heterocycles. The van der Waals surface area contributed by atoms with E-state index in [0.29, 0.717) is 5.11 Å². The van der Waals surface area contributed by atoms with E-state index in [4.69, 9.17) is 31.4 Å². The Morgan fingerprint density at radius 3 is 1.90 bits per heavy atom. The summed E-state index contributed by atoms with van der Waals surface area (Å²) >= 11 is 5.96. The number of benzene rings is 3. The average Bonchev–Trinajstić information content (AvgIpc) is 3.57. The van der Waals surface area contributed by atoms with Gasteiger partial charge in [0.2, 0.25) is 0 Å². The maximum absolute atomic E-state index is 6.08. The zero-order chi connectivity index (χ0) is 28.3. The number of methoxy groups -OCH3 is 2. The maximum Gasteiger partial charge on any atom is 0.174 e. The Bertz CT molecular complexity index is 1640. The Balaban J connectivity index is 1.38. The lowest BCUT2D eigenvalue weighted by atomic mass is 10.0. The second kappa shape index (κ2) is 11.3. The van der Waals surface area contributed by atoms with Crippen LogP contribution in [0.2, 0.25) is 0 Å². The quantitative estimate of drug-likeness (QED) is 0.201. The van der Waals surface area contributed by atoms with E-state index in [1.54, 1.807) is 14.2 Å². The molecule has 5 aromatic rings. The van der Waals surface area contributed by atoms with Crippen molar-refractivity contribution in [2.24, 2.45) is 0 Å². The van der Waals surface area contributed by atoms with Crippen LogP contribution in [0.3, 0.4) is 0 Å². The Morgan fingerprint density at radius 2 is 1.29 bits per heavy atom. The molecule has 0 aliphatic carbocycles. The van der Waals surface area contributed by atoms with Crippen molar-refractivity contribution in [3.63, 3.8) is 0 Å². The van der Waals surface area contributed by atoms with Crippen LogP contribution in [-0.4, -0.2) is 28.9 Å². The van der Waals surface area contributed by atoms with Crippen LogP contribution in [0.15, 0.2) is 109 Å². The van der Waals surface area contributed by atoms with Gasteiger partial charge in [-0.25, -0.2) is 0 Å². The van der Waals surface area contributed by atoms with E-state index >= 15 is 0 Å². The van der Waals surface area contributed by atoms with E-state index in [0.717, 1.165) is 51.5 Å². The lowest BCUT2D eigenvalue weighted by Crippen LogP contribution is -2.30. The van der Waals surface area contributed by atoms with Gasteiger partial charge in [0.25, 0.3) is 0 Å². The highest BCUT2D eigenvalue weighted by Gasteiger charge is 2.42. The van der Waals surface area contributed by atoms with Gasteiger partial charge in [-0.3, -0.25) is 4.98 Å². The molecule has 1 N–H and O–H groups in total. The highest BCUT2D eigenvalue weighted by molar-refractivity contribution is 7.80. The van der Waals surface area contributed by atoms with Gasteiger partial charge >= 0.3 is 0 Å². The third-order valence-electron chi connectivity index (χ3n) is 7.25. The molecule has 2 unspecified atom stereocenters. The van der Waals surface area contributed by atoms with Crippen molar-refractivity contribution >= 4 is 23.0 Å². The second-order valence-electron chi connectivity index (χ2n) is 9.70. The highest BCUT2D eigenvalue weighted by atomic mass is 32.1. The van der Waals surface area contributed by atoms with Gasteiger partial charge in [0, 0.05) is 29.0 Å². The van der Waals surface area contributed by atoms with Crippen LogP contribution in [0, 0.1) is 6.92 Å². The second-order valence-corrected chi connectivity index (χ2v) is 10.1. The molecule has 1 fully saturated rings. The number of nitrogens with one attached hydrogen (secondary N) is 1. The standard InChI is InChI=1S/C33H30N4O3S/c1-22-7-20-30(36(22)23-8-12-25(38-2)13-9-23)32-31(29-6-4-5-21-34-29)35-33(41)37(32)24-10-14-27(15-11-24)40-28-18-16-26(39-3)17-19-28/h4-21,31-32H,1-3H3,(H,35,41). The van der Waals surface area contributed by atoms with Crippen molar-refractivity contribution in [2.75, 3.05) is 19.1 Å². The van der Waals surface area contributed by atoms with Crippen molar-refractivity contribution < 1.29 is 14.2 Å². The van der Waals surface area contributed by atoms with Gasteiger partial charge in [-0.15, -0.1) is 0 Å². The van der Waals surface area contributed by atoms with Crippen LogP contribution >= 0.6 is 12.2 Å². The normalized spacial score (nSPS) is 16.4. The smallest absolute Gasteiger partial charge is 0.174 e. The summed E-state index contributed by atoms with van der Waals surface area (Å²) in [7, 11) is 3.32. The van der Waals surface area contributed by atoms with Crippen molar-refractivity contribution in [3.8, 4) is 28.7 Å². The molecule has 0 saturated carbocycles. The molecule has 1 aliphatic rings. The molecule has 2 atom stereocenters. The first-order valence-corrected chi connectivity index (χ1v) is 13.7. The third-order valence-corrected chi connectivity index (χ3v) is 7.56. The summed E-state index contributed by atoms with van der Waals surface area (Å²) in [6.07, 6.45) is 1.82. The molecule has 0 spiro atoms.